The fourth-order valence-corrected chi connectivity index (χ4v) is 3.65. The highest BCUT2D eigenvalue weighted by Crippen LogP contribution is 1.98. The third kappa shape index (κ3) is 4.91. The van der Waals surface area contributed by atoms with Gasteiger partial charge in [-0.1, -0.05) is 60.7 Å². The average Bonchev–Trinajstić information content (AvgIpc) is 2.65. The minimum Gasteiger partial charge on any atom is -0.461 e. The Morgan fingerprint density at radius 3 is 2.16 bits per heavy atom. The molecule has 3 atom stereocenters. The topological polar surface area (TPSA) is 35.2 Å². The summed E-state index contributed by atoms with van der Waals surface area (Å²) >= 11 is 0. The highest BCUT2D eigenvalue weighted by Gasteiger charge is 2.39. The number of piperazine rings is 1. The summed E-state index contributed by atoms with van der Waals surface area (Å²) < 4.78 is 5.37. The number of carbonyl (C=O) groups excluding carboxylic acids is 1. The van der Waals surface area contributed by atoms with Crippen LogP contribution in [0.2, 0.25) is 0 Å². The fourth-order valence-electron chi connectivity index (χ4n) is 3.65. The zero-order valence-electron chi connectivity index (χ0n) is 14.9. The monoisotopic (exact) mass is 340 g/mol. The first kappa shape index (κ1) is 17.6. The van der Waals surface area contributed by atoms with E-state index in [4.69, 9.17) is 4.74 Å². The van der Waals surface area contributed by atoms with Crippen LogP contribution in [0.4, 0.5) is 0 Å². The van der Waals surface area contributed by atoms with Crippen LogP contribution in [-0.2, 0) is 22.6 Å². The van der Waals surface area contributed by atoms with Gasteiger partial charge in [0, 0.05) is 11.1 Å². The molecule has 0 aliphatic carbocycles. The molecule has 0 bridgehead atoms. The van der Waals surface area contributed by atoms with E-state index in [1.807, 2.05) is 19.1 Å². The standard InChI is InChI=1S/C21H26N2O2/c1-2-25-21(24)20-17-22(15-18-9-5-3-6-10-18)13-14-23(20)16-19-11-7-4-8-12-19/h3-12,20H,2,13-17H2,1H3/p+2/t20-/m0/s1. The maximum absolute atomic E-state index is 12.5. The molecule has 2 unspecified atom stereocenters. The maximum atomic E-state index is 12.5. The van der Waals surface area contributed by atoms with Crippen molar-refractivity contribution in [2.45, 2.75) is 26.1 Å². The molecule has 1 fully saturated rings. The Bertz CT molecular complexity index is 660. The Kier molecular flexibility index (Phi) is 6.20. The molecule has 0 aromatic heterocycles. The van der Waals surface area contributed by atoms with Crippen LogP contribution in [0, 0.1) is 0 Å². The number of hydrogen-bond donors (Lipinski definition) is 2. The molecule has 0 amide bonds. The van der Waals surface area contributed by atoms with Gasteiger partial charge in [-0.3, -0.25) is 0 Å². The van der Waals surface area contributed by atoms with Crippen molar-refractivity contribution >= 4 is 5.97 Å². The third-order valence-electron chi connectivity index (χ3n) is 4.93. The van der Waals surface area contributed by atoms with Crippen molar-refractivity contribution in [3.63, 3.8) is 0 Å². The van der Waals surface area contributed by atoms with Gasteiger partial charge in [-0.2, -0.15) is 0 Å². The molecule has 1 aliphatic heterocycles. The average molecular weight is 340 g/mol. The normalized spacial score (nSPS) is 23.2. The lowest BCUT2D eigenvalue weighted by Gasteiger charge is -2.35. The van der Waals surface area contributed by atoms with Crippen LogP contribution in [0.25, 0.3) is 0 Å². The van der Waals surface area contributed by atoms with Gasteiger partial charge in [0.2, 0.25) is 6.04 Å². The van der Waals surface area contributed by atoms with E-state index in [0.717, 1.165) is 32.7 Å². The van der Waals surface area contributed by atoms with Crippen molar-refractivity contribution in [1.29, 1.82) is 0 Å². The zero-order chi connectivity index (χ0) is 17.5. The minimum absolute atomic E-state index is 0.0568. The van der Waals surface area contributed by atoms with E-state index in [1.165, 1.54) is 20.9 Å². The summed E-state index contributed by atoms with van der Waals surface area (Å²) in [7, 11) is 0. The van der Waals surface area contributed by atoms with Crippen LogP contribution in [-0.4, -0.2) is 38.3 Å². The van der Waals surface area contributed by atoms with E-state index in [0.29, 0.717) is 6.61 Å². The Morgan fingerprint density at radius 2 is 1.56 bits per heavy atom. The molecule has 1 aliphatic rings. The van der Waals surface area contributed by atoms with Crippen molar-refractivity contribution < 1.29 is 19.3 Å². The number of esters is 1. The van der Waals surface area contributed by atoms with Gasteiger partial charge in [0.25, 0.3) is 0 Å². The molecule has 2 N–H and O–H groups in total. The molecule has 3 rings (SSSR count). The number of hydrogen-bond acceptors (Lipinski definition) is 2. The number of carbonyl (C=O) groups is 1. The summed E-state index contributed by atoms with van der Waals surface area (Å²) in [6.07, 6.45) is 0. The Hall–Kier alpha value is -2.17. The van der Waals surface area contributed by atoms with Gasteiger partial charge >= 0.3 is 5.97 Å². The molecule has 0 saturated carbocycles. The number of nitrogens with one attached hydrogen (secondary N) is 2. The van der Waals surface area contributed by atoms with E-state index in [9.17, 15) is 4.79 Å². The van der Waals surface area contributed by atoms with E-state index < -0.39 is 0 Å². The molecular weight excluding hydrogens is 312 g/mol. The largest absolute Gasteiger partial charge is 0.461 e. The Balaban J connectivity index is 1.68. The first-order valence-corrected chi connectivity index (χ1v) is 9.19. The Morgan fingerprint density at radius 1 is 0.960 bits per heavy atom. The first-order valence-electron chi connectivity index (χ1n) is 9.19. The number of quaternary nitrogens is 2. The molecule has 4 nitrogen and oxygen atoms in total. The smallest absolute Gasteiger partial charge is 0.371 e. The fraction of sp³-hybridized carbons (Fsp3) is 0.381. The number of rotatable bonds is 6. The second-order valence-electron chi connectivity index (χ2n) is 6.74. The quantitative estimate of drug-likeness (QED) is 0.732. The number of ether oxygens (including phenoxy) is 1. The van der Waals surface area contributed by atoms with Gasteiger partial charge in [-0.15, -0.1) is 0 Å². The van der Waals surface area contributed by atoms with E-state index in [2.05, 4.69) is 48.5 Å². The predicted octanol–water partition coefficient (Wildman–Crippen LogP) is 0.102. The van der Waals surface area contributed by atoms with Gasteiger partial charge in [-0.05, 0) is 6.92 Å². The lowest BCUT2D eigenvalue weighted by Crippen LogP contribution is -3.30. The van der Waals surface area contributed by atoms with Crippen LogP contribution in [0.15, 0.2) is 60.7 Å². The summed E-state index contributed by atoms with van der Waals surface area (Å²) in [5.41, 5.74) is 2.60. The van der Waals surface area contributed by atoms with Crippen molar-refractivity contribution in [1.82, 2.24) is 0 Å². The number of benzene rings is 2. The predicted molar refractivity (Wildman–Crippen MR) is 97.2 cm³/mol. The summed E-state index contributed by atoms with van der Waals surface area (Å²) in [6.45, 7) is 7.07. The van der Waals surface area contributed by atoms with Crippen LogP contribution in [0.3, 0.4) is 0 Å². The SMILES string of the molecule is CCOC(=O)[C@@H]1C[NH+](Cc2ccccc2)CC[NH+]1Cc1ccccc1. The molecule has 0 radical (unpaired) electrons. The lowest BCUT2D eigenvalue weighted by molar-refractivity contribution is -1.04. The lowest BCUT2D eigenvalue weighted by atomic mass is 10.1. The van der Waals surface area contributed by atoms with Crippen LogP contribution >= 0.6 is 0 Å². The maximum Gasteiger partial charge on any atom is 0.371 e. The Labute approximate surface area is 150 Å². The van der Waals surface area contributed by atoms with Crippen LogP contribution < -0.4 is 9.80 Å². The second-order valence-corrected chi connectivity index (χ2v) is 6.74. The van der Waals surface area contributed by atoms with E-state index in [1.54, 1.807) is 0 Å². The molecule has 2 aromatic rings. The highest BCUT2D eigenvalue weighted by molar-refractivity contribution is 5.74. The molecular formula is C21H28N2O2+2. The summed E-state index contributed by atoms with van der Waals surface area (Å²) in [5, 5.41) is 0. The van der Waals surface area contributed by atoms with Crippen molar-refractivity contribution in [3.8, 4) is 0 Å². The summed E-state index contributed by atoms with van der Waals surface area (Å²) in [5.74, 6) is -0.0568. The van der Waals surface area contributed by atoms with Gasteiger partial charge in [0.15, 0.2) is 0 Å². The first-order chi connectivity index (χ1) is 12.3. The molecule has 1 saturated heterocycles. The third-order valence-corrected chi connectivity index (χ3v) is 4.93. The molecule has 4 heteroatoms. The van der Waals surface area contributed by atoms with E-state index >= 15 is 0 Å². The second kappa shape index (κ2) is 8.79. The molecule has 1 heterocycles. The molecule has 25 heavy (non-hydrogen) atoms. The molecule has 0 spiro atoms. The van der Waals surface area contributed by atoms with Gasteiger partial charge < -0.3 is 14.5 Å². The van der Waals surface area contributed by atoms with Gasteiger partial charge in [-0.25, -0.2) is 4.79 Å². The molecule has 2 aromatic carbocycles. The van der Waals surface area contributed by atoms with E-state index in [-0.39, 0.29) is 12.0 Å². The van der Waals surface area contributed by atoms with Crippen molar-refractivity contribution in [2.75, 3.05) is 26.2 Å². The van der Waals surface area contributed by atoms with Crippen molar-refractivity contribution in [2.24, 2.45) is 0 Å². The summed E-state index contributed by atoms with van der Waals surface area (Å²) in [6, 6.07) is 20.9. The molecule has 132 valence electrons. The van der Waals surface area contributed by atoms with Crippen molar-refractivity contribution in [3.05, 3.63) is 71.8 Å². The van der Waals surface area contributed by atoms with Crippen LogP contribution in [0.1, 0.15) is 18.1 Å². The van der Waals surface area contributed by atoms with Gasteiger partial charge in [0.1, 0.15) is 32.7 Å². The zero-order valence-corrected chi connectivity index (χ0v) is 14.9. The van der Waals surface area contributed by atoms with Crippen LogP contribution in [0.5, 0.6) is 0 Å². The summed E-state index contributed by atoms with van der Waals surface area (Å²) in [4.78, 5) is 15.3. The minimum atomic E-state index is -0.0902. The highest BCUT2D eigenvalue weighted by atomic mass is 16.5. The van der Waals surface area contributed by atoms with Gasteiger partial charge in [0.05, 0.1) is 6.61 Å².